The molecule has 0 heterocycles. The molecule has 0 spiro atoms. The molecule has 0 aromatic heterocycles. The summed E-state index contributed by atoms with van der Waals surface area (Å²) >= 11 is 6.59. The van der Waals surface area contributed by atoms with E-state index >= 15 is 0 Å². The number of nitro benzene ring substituents is 1. The smallest absolute Gasteiger partial charge is 0.258 e. The van der Waals surface area contributed by atoms with Gasteiger partial charge in [0, 0.05) is 11.0 Å². The second-order valence-corrected chi connectivity index (χ2v) is 3.40. The van der Waals surface area contributed by atoms with E-state index in [1.54, 1.807) is 6.26 Å². The van der Waals surface area contributed by atoms with Crippen LogP contribution in [0.5, 0.6) is 0 Å². The SMILES string of the molecule is CSc1ccc([N+](=O)[O-])c(Cl)c1F. The van der Waals surface area contributed by atoms with Gasteiger partial charge in [0.25, 0.3) is 5.69 Å². The maximum atomic E-state index is 13.2. The van der Waals surface area contributed by atoms with Gasteiger partial charge in [-0.15, -0.1) is 11.8 Å². The van der Waals surface area contributed by atoms with Crippen molar-refractivity contribution in [3.05, 3.63) is 33.1 Å². The van der Waals surface area contributed by atoms with Gasteiger partial charge in [0.2, 0.25) is 0 Å². The van der Waals surface area contributed by atoms with Gasteiger partial charge in [0.15, 0.2) is 10.8 Å². The van der Waals surface area contributed by atoms with Crippen molar-refractivity contribution in [3.8, 4) is 0 Å². The normalized spacial score (nSPS) is 10.1. The van der Waals surface area contributed by atoms with Gasteiger partial charge in [-0.2, -0.15) is 0 Å². The Balaban J connectivity index is 3.31. The Morgan fingerprint density at radius 2 is 2.23 bits per heavy atom. The molecular formula is C7H5ClFNO2S. The molecule has 0 N–H and O–H groups in total. The molecule has 0 radical (unpaired) electrons. The first-order valence-electron chi connectivity index (χ1n) is 3.24. The number of halogens is 2. The lowest BCUT2D eigenvalue weighted by atomic mass is 10.3. The predicted octanol–water partition coefficient (Wildman–Crippen LogP) is 3.11. The second kappa shape index (κ2) is 3.93. The third-order valence-electron chi connectivity index (χ3n) is 1.44. The number of hydrogen-bond acceptors (Lipinski definition) is 3. The number of hydrogen-bond donors (Lipinski definition) is 0. The van der Waals surface area contributed by atoms with E-state index in [0.717, 1.165) is 11.8 Å². The molecule has 0 aliphatic heterocycles. The second-order valence-electron chi connectivity index (χ2n) is 2.17. The van der Waals surface area contributed by atoms with Crippen molar-refractivity contribution in [2.24, 2.45) is 0 Å². The van der Waals surface area contributed by atoms with E-state index < -0.39 is 21.5 Å². The van der Waals surface area contributed by atoms with Crippen molar-refractivity contribution in [1.82, 2.24) is 0 Å². The summed E-state index contributed by atoms with van der Waals surface area (Å²) in [5, 5.41) is 9.89. The largest absolute Gasteiger partial charge is 0.290 e. The molecule has 1 aromatic carbocycles. The van der Waals surface area contributed by atoms with E-state index in [0.29, 0.717) is 4.90 Å². The first-order valence-corrected chi connectivity index (χ1v) is 4.84. The van der Waals surface area contributed by atoms with Crippen LogP contribution in [-0.2, 0) is 0 Å². The number of nitro groups is 1. The first-order chi connectivity index (χ1) is 6.07. The summed E-state index contributed by atoms with van der Waals surface area (Å²) in [5.74, 6) is -0.733. The fourth-order valence-corrected chi connectivity index (χ4v) is 1.60. The molecule has 1 rings (SSSR count). The van der Waals surface area contributed by atoms with Gasteiger partial charge in [-0.1, -0.05) is 11.6 Å². The van der Waals surface area contributed by atoms with Gasteiger partial charge in [0.05, 0.1) is 4.92 Å². The third-order valence-corrected chi connectivity index (χ3v) is 2.56. The van der Waals surface area contributed by atoms with Gasteiger partial charge in [0.1, 0.15) is 0 Å². The van der Waals surface area contributed by atoms with E-state index in [-0.39, 0.29) is 0 Å². The summed E-state index contributed by atoms with van der Waals surface area (Å²) in [6.45, 7) is 0. The average molecular weight is 222 g/mol. The zero-order valence-electron chi connectivity index (χ0n) is 6.58. The predicted molar refractivity (Wildman–Crippen MR) is 49.8 cm³/mol. The Hall–Kier alpha value is -0.810. The highest BCUT2D eigenvalue weighted by atomic mass is 35.5. The molecule has 3 nitrogen and oxygen atoms in total. The molecule has 0 atom stereocenters. The highest BCUT2D eigenvalue weighted by Gasteiger charge is 2.18. The van der Waals surface area contributed by atoms with Crippen LogP contribution in [0, 0.1) is 15.9 Å². The van der Waals surface area contributed by atoms with Crippen molar-refractivity contribution in [2.75, 3.05) is 6.26 Å². The summed E-state index contributed by atoms with van der Waals surface area (Å²) in [6, 6.07) is 2.53. The summed E-state index contributed by atoms with van der Waals surface area (Å²) < 4.78 is 13.2. The van der Waals surface area contributed by atoms with Gasteiger partial charge >= 0.3 is 0 Å². The van der Waals surface area contributed by atoms with E-state index in [1.807, 2.05) is 0 Å². The van der Waals surface area contributed by atoms with E-state index in [1.165, 1.54) is 12.1 Å². The van der Waals surface area contributed by atoms with Crippen LogP contribution in [0.1, 0.15) is 0 Å². The highest BCUT2D eigenvalue weighted by molar-refractivity contribution is 7.98. The highest BCUT2D eigenvalue weighted by Crippen LogP contribution is 2.32. The molecule has 6 heteroatoms. The summed E-state index contributed by atoms with van der Waals surface area (Å²) in [6.07, 6.45) is 1.67. The summed E-state index contributed by atoms with van der Waals surface area (Å²) in [4.78, 5) is 9.91. The first kappa shape index (κ1) is 10.3. The van der Waals surface area contributed by atoms with Crippen molar-refractivity contribution in [2.45, 2.75) is 4.90 Å². The van der Waals surface area contributed by atoms with Crippen LogP contribution in [0.4, 0.5) is 10.1 Å². The Morgan fingerprint density at radius 1 is 1.62 bits per heavy atom. The lowest BCUT2D eigenvalue weighted by Gasteiger charge is -2.00. The fraction of sp³-hybridized carbons (Fsp3) is 0.143. The minimum atomic E-state index is -0.733. The van der Waals surface area contributed by atoms with Crippen LogP contribution in [0.2, 0.25) is 5.02 Å². The molecule has 70 valence electrons. The molecular weight excluding hydrogens is 217 g/mol. The Morgan fingerprint density at radius 3 is 2.69 bits per heavy atom. The molecule has 0 unspecified atom stereocenters. The lowest BCUT2D eigenvalue weighted by Crippen LogP contribution is -1.92. The van der Waals surface area contributed by atoms with Crippen LogP contribution in [0.25, 0.3) is 0 Å². The third kappa shape index (κ3) is 1.92. The van der Waals surface area contributed by atoms with Crippen LogP contribution < -0.4 is 0 Å². The minimum absolute atomic E-state index is 0.301. The molecule has 13 heavy (non-hydrogen) atoms. The monoisotopic (exact) mass is 221 g/mol. The van der Waals surface area contributed by atoms with Crippen LogP contribution in [0.3, 0.4) is 0 Å². The lowest BCUT2D eigenvalue weighted by molar-refractivity contribution is -0.384. The topological polar surface area (TPSA) is 43.1 Å². The summed E-state index contributed by atoms with van der Waals surface area (Å²) in [5.41, 5.74) is -0.406. The van der Waals surface area contributed by atoms with Gasteiger partial charge in [-0.05, 0) is 12.3 Å². The van der Waals surface area contributed by atoms with Crippen molar-refractivity contribution < 1.29 is 9.31 Å². The van der Waals surface area contributed by atoms with Crippen LogP contribution >= 0.6 is 23.4 Å². The van der Waals surface area contributed by atoms with Gasteiger partial charge < -0.3 is 0 Å². The fourth-order valence-electron chi connectivity index (χ4n) is 0.820. The number of thioether (sulfide) groups is 1. The molecule has 0 bridgehead atoms. The van der Waals surface area contributed by atoms with Crippen LogP contribution in [-0.4, -0.2) is 11.2 Å². The quantitative estimate of drug-likeness (QED) is 0.438. The Labute approximate surface area is 83.0 Å². The molecule has 0 aliphatic rings. The molecule has 0 saturated heterocycles. The molecule has 0 saturated carbocycles. The van der Waals surface area contributed by atoms with Crippen LogP contribution in [0.15, 0.2) is 17.0 Å². The van der Waals surface area contributed by atoms with Crippen molar-refractivity contribution in [3.63, 3.8) is 0 Å². The molecule has 0 amide bonds. The zero-order chi connectivity index (χ0) is 10.0. The van der Waals surface area contributed by atoms with E-state index in [9.17, 15) is 14.5 Å². The Bertz CT molecular complexity index is 359. The molecule has 1 aromatic rings. The standard InChI is InChI=1S/C7H5ClFNO2S/c1-13-5-3-2-4(10(11)12)6(8)7(5)9/h2-3H,1H3. The number of rotatable bonds is 2. The summed E-state index contributed by atoms with van der Waals surface area (Å²) in [7, 11) is 0. The Kier molecular flexibility index (Phi) is 3.11. The van der Waals surface area contributed by atoms with E-state index in [4.69, 9.17) is 11.6 Å². The zero-order valence-corrected chi connectivity index (χ0v) is 8.16. The number of nitrogens with zero attached hydrogens (tertiary/aromatic N) is 1. The average Bonchev–Trinajstić information content (AvgIpc) is 2.09. The van der Waals surface area contributed by atoms with Crippen molar-refractivity contribution in [1.29, 1.82) is 0 Å². The minimum Gasteiger partial charge on any atom is -0.258 e. The van der Waals surface area contributed by atoms with Gasteiger partial charge in [-0.3, -0.25) is 10.1 Å². The number of benzene rings is 1. The van der Waals surface area contributed by atoms with E-state index in [2.05, 4.69) is 0 Å². The van der Waals surface area contributed by atoms with Gasteiger partial charge in [-0.25, -0.2) is 4.39 Å². The van der Waals surface area contributed by atoms with Crippen molar-refractivity contribution >= 4 is 29.1 Å². The molecule has 0 fully saturated rings. The maximum Gasteiger partial charge on any atom is 0.290 e. The molecule has 0 aliphatic carbocycles. The maximum absolute atomic E-state index is 13.2.